The maximum absolute atomic E-state index is 13.8. The Morgan fingerprint density at radius 1 is 1.03 bits per heavy atom. The third kappa shape index (κ3) is 5.11. The lowest BCUT2D eigenvalue weighted by molar-refractivity contribution is -0.133. The highest BCUT2D eigenvalue weighted by Gasteiger charge is 2.25. The quantitative estimate of drug-likeness (QED) is 0.496. The predicted molar refractivity (Wildman–Crippen MR) is 110 cm³/mol. The van der Waals surface area contributed by atoms with E-state index in [-0.39, 0.29) is 29.9 Å². The number of carbonyl (C=O) groups excluding carboxylic acids is 1. The van der Waals surface area contributed by atoms with E-state index in [0.29, 0.717) is 45.1 Å². The molecule has 0 spiro atoms. The number of Topliss-reactive ketones (excluding diaryl/α,β-unsaturated/α-hetero) is 1. The summed E-state index contributed by atoms with van der Waals surface area (Å²) in [7, 11) is 0. The Morgan fingerprint density at radius 3 is 2.31 bits per heavy atom. The predicted octanol–water partition coefficient (Wildman–Crippen LogP) is 5.75. The molecule has 1 aliphatic carbocycles. The van der Waals surface area contributed by atoms with Gasteiger partial charge in [0.25, 0.3) is 0 Å². The molecule has 0 fully saturated rings. The number of hydrogen-bond acceptors (Lipinski definition) is 3. The van der Waals surface area contributed by atoms with Crippen molar-refractivity contribution in [3.63, 3.8) is 0 Å². The molecule has 1 aliphatic rings. The number of allylic oxidation sites excluding steroid dienone is 1. The lowest BCUT2D eigenvalue weighted by Gasteiger charge is -2.13. The van der Waals surface area contributed by atoms with Gasteiger partial charge in [-0.2, -0.15) is 0 Å². The van der Waals surface area contributed by atoms with Crippen LogP contribution < -0.4 is 4.74 Å². The molecule has 29 heavy (non-hydrogen) atoms. The molecule has 0 aliphatic heterocycles. The number of ketones is 1. The van der Waals surface area contributed by atoms with Crippen molar-refractivity contribution < 1.29 is 28.2 Å². The molecule has 8 heteroatoms. The van der Waals surface area contributed by atoms with Gasteiger partial charge < -0.3 is 9.84 Å². The topological polar surface area (TPSA) is 63.6 Å². The molecule has 0 heterocycles. The van der Waals surface area contributed by atoms with Crippen molar-refractivity contribution >= 4 is 43.6 Å². The highest BCUT2D eigenvalue weighted by atomic mass is 79.9. The van der Waals surface area contributed by atoms with E-state index < -0.39 is 17.6 Å². The zero-order valence-electron chi connectivity index (χ0n) is 15.1. The maximum Gasteiger partial charge on any atom is 0.331 e. The van der Waals surface area contributed by atoms with Crippen LogP contribution in [0.3, 0.4) is 0 Å². The Kier molecular flexibility index (Phi) is 6.85. The largest absolute Gasteiger partial charge is 0.486 e. The van der Waals surface area contributed by atoms with Crippen LogP contribution in [0.25, 0.3) is 0 Å². The summed E-state index contributed by atoms with van der Waals surface area (Å²) in [6, 6.07) is 6.67. The number of aliphatic carboxylic acids is 1. The Balaban J connectivity index is 1.74. The zero-order chi connectivity index (χ0) is 21.1. The maximum atomic E-state index is 13.8. The second-order valence-electron chi connectivity index (χ2n) is 6.63. The van der Waals surface area contributed by atoms with Gasteiger partial charge in [-0.1, -0.05) is 0 Å². The summed E-state index contributed by atoms with van der Waals surface area (Å²) in [5.74, 6) is -2.19. The smallest absolute Gasteiger partial charge is 0.331 e. The van der Waals surface area contributed by atoms with Crippen molar-refractivity contribution in [1.29, 1.82) is 0 Å². The van der Waals surface area contributed by atoms with Gasteiger partial charge in [-0.25, -0.2) is 13.6 Å². The number of carboxylic acids is 1. The van der Waals surface area contributed by atoms with Crippen molar-refractivity contribution in [1.82, 2.24) is 0 Å². The van der Waals surface area contributed by atoms with Crippen LogP contribution in [0.15, 0.2) is 50.4 Å². The van der Waals surface area contributed by atoms with Crippen molar-refractivity contribution in [3.8, 4) is 5.75 Å². The summed E-state index contributed by atoms with van der Waals surface area (Å²) in [5.41, 5.74) is 1.48. The first kappa shape index (κ1) is 21.6. The average Bonchev–Trinajstić information content (AvgIpc) is 3.13. The molecular weight excluding hydrogens is 514 g/mol. The first-order valence-corrected chi connectivity index (χ1v) is 10.4. The molecule has 0 radical (unpaired) electrons. The van der Waals surface area contributed by atoms with Gasteiger partial charge in [0.15, 0.2) is 5.78 Å². The molecule has 2 aromatic rings. The van der Waals surface area contributed by atoms with Crippen molar-refractivity contribution in [2.45, 2.75) is 32.3 Å². The Hall–Kier alpha value is -2.06. The monoisotopic (exact) mass is 528 g/mol. The fourth-order valence-electron chi connectivity index (χ4n) is 3.22. The minimum Gasteiger partial charge on any atom is -0.486 e. The summed E-state index contributed by atoms with van der Waals surface area (Å²) in [6.07, 6.45) is 1.63. The van der Waals surface area contributed by atoms with E-state index in [1.807, 2.05) is 0 Å². The molecule has 0 atom stereocenters. The van der Waals surface area contributed by atoms with Crippen molar-refractivity contribution in [3.05, 3.63) is 73.2 Å². The number of hydrogen-bond donors (Lipinski definition) is 1. The minimum absolute atomic E-state index is 0.0657. The van der Waals surface area contributed by atoms with Crippen LogP contribution in [-0.4, -0.2) is 16.9 Å². The number of ether oxygens (including phenoxy) is 1. The molecule has 2 aromatic carbocycles. The summed E-state index contributed by atoms with van der Waals surface area (Å²) in [4.78, 5) is 23.8. The van der Waals surface area contributed by atoms with Crippen LogP contribution in [0.5, 0.6) is 5.75 Å². The molecule has 4 nitrogen and oxygen atoms in total. The van der Waals surface area contributed by atoms with E-state index >= 15 is 0 Å². The molecule has 152 valence electrons. The fraction of sp³-hybridized carbons (Fsp3) is 0.238. The lowest BCUT2D eigenvalue weighted by atomic mass is 10.00. The number of carboxylic acid groups (broad SMARTS) is 1. The minimum atomic E-state index is -1.04. The van der Waals surface area contributed by atoms with Crippen LogP contribution >= 0.6 is 31.9 Å². The number of benzene rings is 2. The molecule has 0 bridgehead atoms. The molecule has 0 saturated carbocycles. The molecule has 0 saturated heterocycles. The van der Waals surface area contributed by atoms with Gasteiger partial charge in [0, 0.05) is 29.2 Å². The van der Waals surface area contributed by atoms with Crippen molar-refractivity contribution in [2.24, 2.45) is 0 Å². The molecular formula is C21H16Br2F2O4. The second-order valence-corrected chi connectivity index (χ2v) is 8.34. The van der Waals surface area contributed by atoms with E-state index in [0.717, 1.165) is 12.1 Å². The van der Waals surface area contributed by atoms with E-state index in [2.05, 4.69) is 31.9 Å². The summed E-state index contributed by atoms with van der Waals surface area (Å²) in [5, 5.41) is 9.22. The van der Waals surface area contributed by atoms with Crippen LogP contribution in [0.4, 0.5) is 8.78 Å². The highest BCUT2D eigenvalue weighted by Crippen LogP contribution is 2.36. The molecule has 0 amide bonds. The molecule has 3 rings (SSSR count). The van der Waals surface area contributed by atoms with Gasteiger partial charge in [-0.05, 0) is 81.0 Å². The van der Waals surface area contributed by atoms with Crippen LogP contribution in [0, 0.1) is 11.6 Å². The van der Waals surface area contributed by atoms with Gasteiger partial charge >= 0.3 is 5.97 Å². The first-order chi connectivity index (χ1) is 13.8. The normalized spacial score (nSPS) is 13.7. The zero-order valence-corrected chi connectivity index (χ0v) is 18.3. The summed E-state index contributed by atoms with van der Waals surface area (Å²) >= 11 is 6.77. The van der Waals surface area contributed by atoms with E-state index in [4.69, 9.17) is 4.74 Å². The Morgan fingerprint density at radius 2 is 1.69 bits per heavy atom. The second kappa shape index (κ2) is 9.17. The number of carbonyl (C=O) groups is 2. The molecule has 0 unspecified atom stereocenters. The highest BCUT2D eigenvalue weighted by molar-refractivity contribution is 9.11. The summed E-state index contributed by atoms with van der Waals surface area (Å²) in [6.45, 7) is -0.101. The third-order valence-electron chi connectivity index (χ3n) is 4.62. The number of rotatable bonds is 7. The van der Waals surface area contributed by atoms with Crippen molar-refractivity contribution in [2.75, 3.05) is 0 Å². The van der Waals surface area contributed by atoms with Gasteiger partial charge in [-0.3, -0.25) is 4.79 Å². The Bertz CT molecular complexity index is 995. The molecule has 0 aromatic heterocycles. The molecule has 1 N–H and O–H groups in total. The first-order valence-electron chi connectivity index (χ1n) is 8.79. The SMILES string of the molecule is O=C(O)C1=C(C(=O)Cc2cc(Br)c(OCc3ccc(F)cc3F)c(Br)c2)CCC1. The van der Waals surface area contributed by atoms with Crippen LogP contribution in [-0.2, 0) is 22.6 Å². The van der Waals surface area contributed by atoms with E-state index in [9.17, 15) is 23.5 Å². The lowest BCUT2D eigenvalue weighted by Crippen LogP contribution is -2.10. The van der Waals surface area contributed by atoms with E-state index in [1.54, 1.807) is 12.1 Å². The van der Waals surface area contributed by atoms with Gasteiger partial charge in [0.1, 0.15) is 24.0 Å². The third-order valence-corrected chi connectivity index (χ3v) is 5.80. The Labute approximate surface area is 182 Å². The van der Waals surface area contributed by atoms with Gasteiger partial charge in [0.05, 0.1) is 8.95 Å². The van der Waals surface area contributed by atoms with E-state index in [1.165, 1.54) is 6.07 Å². The van der Waals surface area contributed by atoms with Gasteiger partial charge in [0.2, 0.25) is 0 Å². The standard InChI is InChI=1S/C21H16Br2F2O4/c22-16-6-11(8-19(26)14-2-1-3-15(14)21(27)28)7-17(23)20(16)29-10-12-4-5-13(24)9-18(12)25/h4-7,9H,1-3,8,10H2,(H,27,28). The fourth-order valence-corrected chi connectivity index (χ4v) is 4.73. The summed E-state index contributed by atoms with van der Waals surface area (Å²) < 4.78 is 33.5. The van der Waals surface area contributed by atoms with Gasteiger partial charge in [-0.15, -0.1) is 0 Å². The average molecular weight is 530 g/mol. The number of halogens is 4. The van der Waals surface area contributed by atoms with Crippen LogP contribution in [0.1, 0.15) is 30.4 Å². The van der Waals surface area contributed by atoms with Crippen LogP contribution in [0.2, 0.25) is 0 Å².